The van der Waals surface area contributed by atoms with Gasteiger partial charge in [-0.05, 0) is 47.6 Å². The fraction of sp³-hybridized carbons (Fsp3) is 0.0400. The van der Waals surface area contributed by atoms with Crippen LogP contribution in [0.3, 0.4) is 0 Å². The molecule has 2 nitrogen and oxygen atoms in total. The van der Waals surface area contributed by atoms with Gasteiger partial charge in [0.25, 0.3) is 0 Å². The van der Waals surface area contributed by atoms with E-state index < -0.39 is 7.92 Å². The van der Waals surface area contributed by atoms with Crippen LogP contribution in [0.1, 0.15) is 5.56 Å². The average molecular weight is 418 g/mol. The van der Waals surface area contributed by atoms with Crippen molar-refractivity contribution in [3.8, 4) is 5.75 Å². The summed E-state index contributed by atoms with van der Waals surface area (Å²) in [6.45, 7) is 0.600. The van der Waals surface area contributed by atoms with E-state index in [2.05, 4.69) is 90.2 Å². The summed E-state index contributed by atoms with van der Waals surface area (Å²) in [5.41, 5.74) is 1.83. The van der Waals surface area contributed by atoms with E-state index in [-0.39, 0.29) is 5.75 Å². The zero-order valence-corrected chi connectivity index (χ0v) is 17.4. The van der Waals surface area contributed by atoms with Crippen molar-refractivity contribution in [1.82, 2.24) is 0 Å². The van der Waals surface area contributed by atoms with Gasteiger partial charge in [0.2, 0.25) is 0 Å². The lowest BCUT2D eigenvalue weighted by Gasteiger charge is -2.22. The summed E-state index contributed by atoms with van der Waals surface area (Å²) in [5.74, 6) is 0.195. The molecule has 0 fully saturated rings. The van der Waals surface area contributed by atoms with Crippen LogP contribution >= 0.6 is 19.5 Å². The van der Waals surface area contributed by atoms with Gasteiger partial charge in [-0.3, -0.25) is 0 Å². The van der Waals surface area contributed by atoms with Crippen LogP contribution in [-0.4, -0.2) is 5.11 Å². The molecule has 0 saturated carbocycles. The van der Waals surface area contributed by atoms with Crippen molar-refractivity contribution in [3.63, 3.8) is 0 Å². The number of aromatic hydroxyl groups is 1. The minimum Gasteiger partial charge on any atom is -0.506 e. The van der Waals surface area contributed by atoms with Crippen LogP contribution in [0, 0.1) is 0 Å². The summed E-state index contributed by atoms with van der Waals surface area (Å²) in [5, 5.41) is 18.0. The number of rotatable bonds is 6. The van der Waals surface area contributed by atoms with Crippen molar-refractivity contribution >= 4 is 41.1 Å². The number of benzene rings is 4. The van der Waals surface area contributed by atoms with E-state index in [1.807, 2.05) is 0 Å². The maximum Gasteiger partial charge on any atom is 0.138 e. The highest BCUT2D eigenvalue weighted by atomic mass is 35.5. The van der Waals surface area contributed by atoms with Crippen LogP contribution in [-0.2, 0) is 6.54 Å². The third-order valence-corrected chi connectivity index (χ3v) is 7.47. The molecular weight excluding hydrogens is 397 g/mol. The standard InChI is InChI=1S/C25H21ClNOP/c26-20-15-16-24(28)23(17-20)27-18-19-9-7-8-14-25(19)29(21-10-3-1-4-11-21)22-12-5-2-6-13-22/h1-17,27-28H,18H2. The molecule has 2 N–H and O–H groups in total. The van der Waals surface area contributed by atoms with Gasteiger partial charge in [-0.15, -0.1) is 0 Å². The van der Waals surface area contributed by atoms with Crippen molar-refractivity contribution in [3.05, 3.63) is 114 Å². The number of phenolic OH excluding ortho intramolecular Hbond substituents is 1. The molecule has 4 aromatic carbocycles. The fourth-order valence-electron chi connectivity index (χ4n) is 3.30. The minimum absolute atomic E-state index is 0.195. The lowest BCUT2D eigenvalue weighted by molar-refractivity contribution is 0.477. The van der Waals surface area contributed by atoms with E-state index in [1.165, 1.54) is 21.5 Å². The number of halogens is 1. The molecule has 29 heavy (non-hydrogen) atoms. The zero-order valence-electron chi connectivity index (χ0n) is 15.8. The predicted octanol–water partition coefficient (Wildman–Crippen LogP) is 5.42. The van der Waals surface area contributed by atoms with Gasteiger partial charge >= 0.3 is 0 Å². The van der Waals surface area contributed by atoms with Crippen molar-refractivity contribution in [2.24, 2.45) is 0 Å². The van der Waals surface area contributed by atoms with E-state index in [4.69, 9.17) is 11.6 Å². The SMILES string of the molecule is Oc1ccc(Cl)cc1NCc1ccccc1P(c1ccccc1)c1ccccc1. The first kappa shape index (κ1) is 19.5. The van der Waals surface area contributed by atoms with Gasteiger partial charge in [0, 0.05) is 11.6 Å². The maximum atomic E-state index is 10.1. The topological polar surface area (TPSA) is 32.3 Å². The third kappa shape index (κ3) is 4.62. The number of hydrogen-bond acceptors (Lipinski definition) is 2. The normalized spacial score (nSPS) is 10.8. The first-order valence-corrected chi connectivity index (χ1v) is 11.1. The van der Waals surface area contributed by atoms with Gasteiger partial charge in [-0.2, -0.15) is 0 Å². The van der Waals surface area contributed by atoms with Crippen molar-refractivity contribution in [1.29, 1.82) is 0 Å². The van der Waals surface area contributed by atoms with Crippen LogP contribution in [0.4, 0.5) is 5.69 Å². The minimum atomic E-state index is -0.690. The smallest absolute Gasteiger partial charge is 0.138 e. The molecule has 0 aliphatic rings. The Morgan fingerprint density at radius 2 is 1.31 bits per heavy atom. The molecule has 0 unspecified atom stereocenters. The molecular formula is C25H21ClNOP. The van der Waals surface area contributed by atoms with Crippen LogP contribution in [0.15, 0.2) is 103 Å². The summed E-state index contributed by atoms with van der Waals surface area (Å²) in [6, 6.07) is 34.8. The molecule has 144 valence electrons. The van der Waals surface area contributed by atoms with E-state index in [1.54, 1.807) is 18.2 Å². The lowest BCUT2D eigenvalue weighted by Crippen LogP contribution is -2.24. The van der Waals surface area contributed by atoms with Gasteiger partial charge in [-0.25, -0.2) is 0 Å². The Morgan fingerprint density at radius 1 is 0.724 bits per heavy atom. The molecule has 0 heterocycles. The Labute approximate surface area is 177 Å². The monoisotopic (exact) mass is 417 g/mol. The van der Waals surface area contributed by atoms with Gasteiger partial charge in [0.05, 0.1) is 5.69 Å². The average Bonchev–Trinajstić information content (AvgIpc) is 2.77. The van der Waals surface area contributed by atoms with Crippen molar-refractivity contribution in [2.45, 2.75) is 6.54 Å². The van der Waals surface area contributed by atoms with Gasteiger partial charge in [0.1, 0.15) is 5.75 Å². The second kappa shape index (κ2) is 9.13. The Balaban J connectivity index is 1.72. The highest BCUT2D eigenvalue weighted by molar-refractivity contribution is 7.79. The Bertz CT molecular complexity index is 1050. The van der Waals surface area contributed by atoms with Crippen molar-refractivity contribution < 1.29 is 5.11 Å². The Morgan fingerprint density at radius 3 is 1.97 bits per heavy atom. The molecule has 4 aromatic rings. The first-order chi connectivity index (χ1) is 14.2. The fourth-order valence-corrected chi connectivity index (χ4v) is 5.94. The molecule has 4 heteroatoms. The van der Waals surface area contributed by atoms with E-state index in [0.29, 0.717) is 17.3 Å². The highest BCUT2D eigenvalue weighted by Gasteiger charge is 2.19. The molecule has 0 bridgehead atoms. The summed E-state index contributed by atoms with van der Waals surface area (Å²) in [7, 11) is -0.690. The van der Waals surface area contributed by atoms with Gasteiger partial charge in [0.15, 0.2) is 0 Å². The Kier molecular flexibility index (Phi) is 6.14. The Hall–Kier alpha value is -2.80. The molecule has 4 rings (SSSR count). The summed E-state index contributed by atoms with van der Waals surface area (Å²) < 4.78 is 0. The third-order valence-electron chi connectivity index (χ3n) is 4.69. The number of phenols is 1. The van der Waals surface area contributed by atoms with Crippen LogP contribution in [0.25, 0.3) is 0 Å². The van der Waals surface area contributed by atoms with Crippen LogP contribution < -0.4 is 21.2 Å². The molecule has 0 aliphatic heterocycles. The van der Waals surface area contributed by atoms with Crippen LogP contribution in [0.2, 0.25) is 5.02 Å². The molecule has 0 amide bonds. The molecule has 0 atom stereocenters. The molecule has 0 spiro atoms. The molecule has 0 aromatic heterocycles. The van der Waals surface area contributed by atoms with E-state index in [9.17, 15) is 5.11 Å². The number of anilines is 1. The molecule has 0 saturated heterocycles. The molecule has 0 aliphatic carbocycles. The number of hydrogen-bond donors (Lipinski definition) is 2. The summed E-state index contributed by atoms with van der Waals surface area (Å²) in [4.78, 5) is 0. The summed E-state index contributed by atoms with van der Waals surface area (Å²) >= 11 is 6.09. The maximum absolute atomic E-state index is 10.1. The van der Waals surface area contributed by atoms with E-state index in [0.717, 1.165) is 0 Å². The number of nitrogens with one attached hydrogen (secondary N) is 1. The predicted molar refractivity (Wildman–Crippen MR) is 126 cm³/mol. The van der Waals surface area contributed by atoms with Gasteiger partial charge in [-0.1, -0.05) is 96.5 Å². The second-order valence-corrected chi connectivity index (χ2v) is 9.27. The zero-order chi connectivity index (χ0) is 20.1. The second-order valence-electron chi connectivity index (χ2n) is 6.65. The quantitative estimate of drug-likeness (QED) is 0.324. The van der Waals surface area contributed by atoms with Crippen LogP contribution in [0.5, 0.6) is 5.75 Å². The van der Waals surface area contributed by atoms with Gasteiger partial charge < -0.3 is 10.4 Å². The largest absolute Gasteiger partial charge is 0.506 e. The van der Waals surface area contributed by atoms with E-state index >= 15 is 0 Å². The van der Waals surface area contributed by atoms with Crippen molar-refractivity contribution in [2.75, 3.05) is 5.32 Å². The lowest BCUT2D eigenvalue weighted by atomic mass is 10.2. The first-order valence-electron chi connectivity index (χ1n) is 9.43. The highest BCUT2D eigenvalue weighted by Crippen LogP contribution is 2.34. The summed E-state index contributed by atoms with van der Waals surface area (Å²) in [6.07, 6.45) is 0. The molecule has 0 radical (unpaired) electrons.